The molecule has 6 heteroatoms. The highest BCUT2D eigenvalue weighted by molar-refractivity contribution is 9.10. The maximum atomic E-state index is 14.3. The van der Waals surface area contributed by atoms with Crippen molar-refractivity contribution in [1.29, 1.82) is 0 Å². The van der Waals surface area contributed by atoms with E-state index in [1.165, 1.54) is 6.07 Å². The topological polar surface area (TPSA) is 34.4 Å². The monoisotopic (exact) mass is 525 g/mol. The molecule has 3 aromatic carbocycles. The van der Waals surface area contributed by atoms with E-state index in [9.17, 15) is 9.50 Å². The average molecular weight is 527 g/mol. The molecule has 0 fully saturated rings. The van der Waals surface area contributed by atoms with Crippen LogP contribution in [0.5, 0.6) is 5.75 Å². The van der Waals surface area contributed by atoms with E-state index in [-0.39, 0.29) is 18.2 Å². The molecular weight excluding hydrogens is 505 g/mol. The van der Waals surface area contributed by atoms with Gasteiger partial charge in [0.15, 0.2) is 0 Å². The van der Waals surface area contributed by atoms with E-state index < -0.39 is 0 Å². The van der Waals surface area contributed by atoms with Crippen LogP contribution in [0.3, 0.4) is 0 Å². The lowest BCUT2D eigenvalue weighted by Gasteiger charge is -2.17. The number of aliphatic hydroxyl groups is 1. The molecule has 0 aliphatic heterocycles. The Morgan fingerprint density at radius 1 is 1.06 bits per heavy atom. The highest BCUT2D eigenvalue weighted by Gasteiger charge is 2.16. The van der Waals surface area contributed by atoms with Gasteiger partial charge in [0.1, 0.15) is 23.9 Å². The number of aliphatic hydroxyl groups excluding tert-OH is 1. The molecule has 0 radical (unpaired) electrons. The minimum atomic E-state index is -0.337. The Bertz CT molecular complexity index is 1360. The summed E-state index contributed by atoms with van der Waals surface area (Å²) in [4.78, 5) is 0. The Labute approximate surface area is 205 Å². The fourth-order valence-corrected chi connectivity index (χ4v) is 4.28. The number of nitrogens with zero attached hydrogens (tertiary/aromatic N) is 1. The molecule has 0 atom stereocenters. The maximum absolute atomic E-state index is 14.3. The van der Waals surface area contributed by atoms with Gasteiger partial charge < -0.3 is 14.4 Å². The van der Waals surface area contributed by atoms with Gasteiger partial charge in [0, 0.05) is 37.6 Å². The highest BCUT2D eigenvalue weighted by Crippen LogP contribution is 2.36. The minimum Gasteiger partial charge on any atom is -0.508 e. The molecule has 0 bridgehead atoms. The van der Waals surface area contributed by atoms with Gasteiger partial charge in [-0.1, -0.05) is 46.2 Å². The summed E-state index contributed by atoms with van der Waals surface area (Å²) in [5.41, 5.74) is 5.56. The maximum Gasteiger partial charge on any atom is 0.130 e. The molecule has 0 amide bonds. The quantitative estimate of drug-likeness (QED) is 0.256. The summed E-state index contributed by atoms with van der Waals surface area (Å²) in [6.45, 7) is 7.68. The molecule has 4 aromatic rings. The van der Waals surface area contributed by atoms with Gasteiger partial charge in [-0.25, -0.2) is 4.39 Å². The Balaban J connectivity index is 1.77. The summed E-state index contributed by atoms with van der Waals surface area (Å²) in [5.74, 6) is 0.263. The third kappa shape index (κ3) is 4.85. The van der Waals surface area contributed by atoms with E-state index in [0.29, 0.717) is 26.4 Å². The standard InChI is InChI=1S/C27H22BrClFNO2/c1-16-4-9-22(14-23(16)18(3)32)31-17(2)5-10-26(31)24-13-21(29)8-11-27(24)33-15-19-6-7-20(28)12-25(19)30/h4-14,32H,3,15H2,1-2H3. The minimum absolute atomic E-state index is 0.0176. The molecule has 0 saturated heterocycles. The van der Waals surface area contributed by atoms with E-state index in [4.69, 9.17) is 16.3 Å². The zero-order valence-corrected chi connectivity index (χ0v) is 20.5. The molecule has 1 heterocycles. The van der Waals surface area contributed by atoms with E-state index >= 15 is 0 Å². The number of benzene rings is 3. The van der Waals surface area contributed by atoms with Crippen molar-refractivity contribution < 1.29 is 14.2 Å². The van der Waals surface area contributed by atoms with Crippen molar-refractivity contribution in [2.45, 2.75) is 20.5 Å². The Hall–Kier alpha value is -3.02. The van der Waals surface area contributed by atoms with E-state index in [1.807, 2.05) is 50.2 Å². The fraction of sp³-hybridized carbons (Fsp3) is 0.111. The lowest BCUT2D eigenvalue weighted by atomic mass is 10.1. The van der Waals surface area contributed by atoms with E-state index in [0.717, 1.165) is 28.2 Å². The van der Waals surface area contributed by atoms with Crippen LogP contribution in [0.2, 0.25) is 5.02 Å². The van der Waals surface area contributed by atoms with Crippen molar-refractivity contribution >= 4 is 33.3 Å². The normalized spacial score (nSPS) is 10.9. The van der Waals surface area contributed by atoms with Gasteiger partial charge in [0.05, 0.1) is 5.69 Å². The number of halogens is 3. The second-order valence-corrected chi connectivity index (χ2v) is 9.16. The van der Waals surface area contributed by atoms with Gasteiger partial charge in [-0.2, -0.15) is 0 Å². The van der Waals surface area contributed by atoms with Gasteiger partial charge >= 0.3 is 0 Å². The first kappa shape index (κ1) is 23.1. The smallest absolute Gasteiger partial charge is 0.130 e. The summed E-state index contributed by atoms with van der Waals surface area (Å²) in [7, 11) is 0. The number of hydrogen-bond donors (Lipinski definition) is 1. The van der Waals surface area contributed by atoms with Crippen molar-refractivity contribution in [2.24, 2.45) is 0 Å². The third-order valence-corrected chi connectivity index (χ3v) is 6.21. The first-order valence-corrected chi connectivity index (χ1v) is 11.5. The molecule has 0 saturated carbocycles. The lowest BCUT2D eigenvalue weighted by Crippen LogP contribution is -2.03. The molecular formula is C27H22BrClFNO2. The Morgan fingerprint density at radius 2 is 1.85 bits per heavy atom. The highest BCUT2D eigenvalue weighted by atomic mass is 79.9. The first-order valence-electron chi connectivity index (χ1n) is 10.3. The number of ether oxygens (including phenoxy) is 1. The zero-order valence-electron chi connectivity index (χ0n) is 18.2. The molecule has 168 valence electrons. The number of aryl methyl sites for hydroxylation is 2. The van der Waals surface area contributed by atoms with Crippen LogP contribution in [0.15, 0.2) is 77.8 Å². The summed E-state index contributed by atoms with van der Waals surface area (Å²) >= 11 is 9.62. The van der Waals surface area contributed by atoms with Crippen LogP contribution >= 0.6 is 27.5 Å². The molecule has 1 aromatic heterocycles. The second-order valence-electron chi connectivity index (χ2n) is 7.81. The van der Waals surface area contributed by atoms with Crippen LogP contribution in [0.4, 0.5) is 4.39 Å². The summed E-state index contributed by atoms with van der Waals surface area (Å²) in [5, 5.41) is 10.6. The molecule has 0 aliphatic carbocycles. The lowest BCUT2D eigenvalue weighted by molar-refractivity contribution is 0.301. The van der Waals surface area contributed by atoms with Gasteiger partial charge in [-0.3, -0.25) is 0 Å². The van der Waals surface area contributed by atoms with Crippen molar-refractivity contribution in [2.75, 3.05) is 0 Å². The predicted octanol–water partition coefficient (Wildman–Crippen LogP) is 8.42. The molecule has 3 nitrogen and oxygen atoms in total. The SMILES string of the molecule is C=C(O)c1cc(-n2c(C)ccc2-c2cc(Cl)ccc2OCc2ccc(Br)cc2F)ccc1C. The number of aromatic nitrogens is 1. The Kier molecular flexibility index (Phi) is 6.63. The van der Waals surface area contributed by atoms with Crippen LogP contribution in [0.1, 0.15) is 22.4 Å². The van der Waals surface area contributed by atoms with Crippen LogP contribution < -0.4 is 4.74 Å². The first-order chi connectivity index (χ1) is 15.7. The van der Waals surface area contributed by atoms with Gasteiger partial charge in [0.2, 0.25) is 0 Å². The van der Waals surface area contributed by atoms with Crippen LogP contribution in [0, 0.1) is 19.7 Å². The summed E-state index contributed by atoms with van der Waals surface area (Å²) in [6.07, 6.45) is 0. The van der Waals surface area contributed by atoms with Crippen LogP contribution in [-0.4, -0.2) is 9.67 Å². The third-order valence-electron chi connectivity index (χ3n) is 5.48. The molecule has 0 aliphatic rings. The number of hydrogen-bond acceptors (Lipinski definition) is 2. The Morgan fingerprint density at radius 3 is 2.58 bits per heavy atom. The molecule has 4 rings (SSSR count). The second kappa shape index (κ2) is 9.46. The summed E-state index contributed by atoms with van der Waals surface area (Å²) < 4.78 is 23.1. The van der Waals surface area contributed by atoms with Crippen LogP contribution in [-0.2, 0) is 6.61 Å². The van der Waals surface area contributed by atoms with Crippen LogP contribution in [0.25, 0.3) is 22.7 Å². The molecule has 33 heavy (non-hydrogen) atoms. The van der Waals surface area contributed by atoms with Crippen molar-refractivity contribution in [3.8, 4) is 22.7 Å². The molecule has 1 N–H and O–H groups in total. The number of rotatable bonds is 6. The van der Waals surface area contributed by atoms with Crippen molar-refractivity contribution in [3.63, 3.8) is 0 Å². The van der Waals surface area contributed by atoms with Gasteiger partial charge in [-0.05, 0) is 74.0 Å². The van der Waals surface area contributed by atoms with E-state index in [2.05, 4.69) is 27.1 Å². The van der Waals surface area contributed by atoms with Gasteiger partial charge in [0.25, 0.3) is 0 Å². The molecule has 0 unspecified atom stereocenters. The predicted molar refractivity (Wildman–Crippen MR) is 136 cm³/mol. The summed E-state index contributed by atoms with van der Waals surface area (Å²) in [6, 6.07) is 20.1. The zero-order chi connectivity index (χ0) is 23.7. The van der Waals surface area contributed by atoms with Crippen molar-refractivity contribution in [3.05, 3.63) is 111 Å². The van der Waals surface area contributed by atoms with E-state index in [1.54, 1.807) is 24.3 Å². The van der Waals surface area contributed by atoms with Gasteiger partial charge in [-0.15, -0.1) is 0 Å². The largest absolute Gasteiger partial charge is 0.508 e. The fourth-order valence-electron chi connectivity index (χ4n) is 3.77. The molecule has 0 spiro atoms. The average Bonchev–Trinajstić information content (AvgIpc) is 3.15. The van der Waals surface area contributed by atoms with Crippen molar-refractivity contribution in [1.82, 2.24) is 4.57 Å².